The molecule has 1 aliphatic rings. The smallest absolute Gasteiger partial charge is 0.264 e. The quantitative estimate of drug-likeness (QED) is 0.168. The number of carbonyl (C=O) groups is 2. The Morgan fingerprint density at radius 1 is 0.870 bits per heavy atom. The summed E-state index contributed by atoms with van der Waals surface area (Å²) in [6.07, 6.45) is 3.93. The number of hydrogen-bond acceptors (Lipinski definition) is 5. The second-order valence-corrected chi connectivity index (χ2v) is 14.3. The van der Waals surface area contributed by atoms with Crippen molar-refractivity contribution in [3.63, 3.8) is 0 Å². The van der Waals surface area contributed by atoms with E-state index in [4.69, 9.17) is 4.74 Å². The monoisotopic (exact) mass is 703 g/mol. The predicted octanol–water partition coefficient (Wildman–Crippen LogP) is 7.22. The third kappa shape index (κ3) is 8.35. The fourth-order valence-corrected chi connectivity index (χ4v) is 7.11. The Balaban J connectivity index is 1.46. The zero-order chi connectivity index (χ0) is 32.7. The highest BCUT2D eigenvalue weighted by Crippen LogP contribution is 2.29. The van der Waals surface area contributed by atoms with Gasteiger partial charge in [-0.2, -0.15) is 0 Å². The average Bonchev–Trinajstić information content (AvgIpc) is 3.57. The van der Waals surface area contributed by atoms with Crippen molar-refractivity contribution in [3.8, 4) is 11.5 Å². The first kappa shape index (κ1) is 33.2. The van der Waals surface area contributed by atoms with Crippen molar-refractivity contribution in [1.82, 2.24) is 10.2 Å². The summed E-state index contributed by atoms with van der Waals surface area (Å²) in [5.74, 6) is 0.399. The van der Waals surface area contributed by atoms with Gasteiger partial charge in [-0.15, -0.1) is 0 Å². The molecule has 0 aliphatic heterocycles. The predicted molar refractivity (Wildman–Crippen MR) is 183 cm³/mol. The first-order valence-electron chi connectivity index (χ1n) is 15.4. The van der Waals surface area contributed by atoms with Crippen LogP contribution in [0.15, 0.2) is 112 Å². The van der Waals surface area contributed by atoms with Crippen LogP contribution in [0, 0.1) is 6.92 Å². The number of hydrogen-bond donors (Lipinski definition) is 1. The van der Waals surface area contributed by atoms with Crippen LogP contribution in [0.25, 0.3) is 0 Å². The van der Waals surface area contributed by atoms with Crippen LogP contribution in [0.5, 0.6) is 11.5 Å². The molecule has 1 fully saturated rings. The van der Waals surface area contributed by atoms with E-state index in [1.807, 2.05) is 61.5 Å². The number of nitrogens with one attached hydrogen (secondary N) is 1. The molecule has 1 atom stereocenters. The highest BCUT2D eigenvalue weighted by molar-refractivity contribution is 9.10. The van der Waals surface area contributed by atoms with Gasteiger partial charge < -0.3 is 15.0 Å². The molecule has 10 heteroatoms. The van der Waals surface area contributed by atoms with E-state index in [1.54, 1.807) is 43.3 Å². The Morgan fingerprint density at radius 3 is 2.11 bits per heavy atom. The van der Waals surface area contributed by atoms with Gasteiger partial charge in [0.05, 0.1) is 10.6 Å². The Kier molecular flexibility index (Phi) is 10.8. The van der Waals surface area contributed by atoms with Crippen LogP contribution in [0.1, 0.15) is 43.7 Å². The maximum Gasteiger partial charge on any atom is 0.264 e. The van der Waals surface area contributed by atoms with Gasteiger partial charge in [-0.3, -0.25) is 13.9 Å². The lowest BCUT2D eigenvalue weighted by Crippen LogP contribution is -2.52. The van der Waals surface area contributed by atoms with E-state index < -0.39 is 28.5 Å². The molecule has 4 aromatic carbocycles. The molecule has 0 saturated heterocycles. The van der Waals surface area contributed by atoms with Gasteiger partial charge in [0.15, 0.2) is 0 Å². The standard InChI is InChI=1S/C36H38BrN3O5S/c1-26-12-22-34(23-13-26)46(43,44)40(31-18-20-33(21-19-31)45-32-10-4-3-5-11-32)25-35(41)39(24-28-14-16-29(37)17-15-28)27(2)36(42)38-30-8-6-7-9-30/h3-5,10-23,27,30H,6-9,24-25H2,1-2H3,(H,38,42). The minimum Gasteiger partial charge on any atom is -0.457 e. The summed E-state index contributed by atoms with van der Waals surface area (Å²) in [6.45, 7) is 3.19. The number of carbonyl (C=O) groups excluding carboxylic acids is 2. The second-order valence-electron chi connectivity index (χ2n) is 11.5. The molecule has 5 rings (SSSR count). The van der Waals surface area contributed by atoms with Gasteiger partial charge in [0.25, 0.3) is 10.0 Å². The highest BCUT2D eigenvalue weighted by atomic mass is 79.9. The van der Waals surface area contributed by atoms with Gasteiger partial charge in [0, 0.05) is 17.1 Å². The lowest BCUT2D eigenvalue weighted by atomic mass is 10.1. The van der Waals surface area contributed by atoms with Crippen LogP contribution in [-0.4, -0.2) is 43.8 Å². The molecular weight excluding hydrogens is 666 g/mol. The van der Waals surface area contributed by atoms with E-state index in [9.17, 15) is 18.0 Å². The van der Waals surface area contributed by atoms with Crippen molar-refractivity contribution in [2.75, 3.05) is 10.8 Å². The first-order chi connectivity index (χ1) is 22.1. The van der Waals surface area contributed by atoms with Crippen LogP contribution in [0.2, 0.25) is 0 Å². The number of aryl methyl sites for hydroxylation is 1. The normalized spacial score (nSPS) is 14.0. The van der Waals surface area contributed by atoms with Crippen molar-refractivity contribution in [1.29, 1.82) is 0 Å². The summed E-state index contributed by atoms with van der Waals surface area (Å²) >= 11 is 3.45. The van der Waals surface area contributed by atoms with E-state index in [2.05, 4.69) is 21.2 Å². The molecule has 0 radical (unpaired) electrons. The minimum absolute atomic E-state index is 0.0574. The molecule has 46 heavy (non-hydrogen) atoms. The Morgan fingerprint density at radius 2 is 1.48 bits per heavy atom. The van der Waals surface area contributed by atoms with E-state index in [0.29, 0.717) is 17.2 Å². The van der Waals surface area contributed by atoms with Gasteiger partial charge in [-0.25, -0.2) is 8.42 Å². The average molecular weight is 705 g/mol. The van der Waals surface area contributed by atoms with Crippen LogP contribution in [0.4, 0.5) is 5.69 Å². The molecule has 0 aromatic heterocycles. The van der Waals surface area contributed by atoms with Crippen LogP contribution >= 0.6 is 15.9 Å². The minimum atomic E-state index is -4.18. The number of benzene rings is 4. The Bertz CT molecular complexity index is 1730. The summed E-state index contributed by atoms with van der Waals surface area (Å²) in [5, 5.41) is 3.10. The van der Waals surface area contributed by atoms with Crippen molar-refractivity contribution in [3.05, 3.63) is 119 Å². The van der Waals surface area contributed by atoms with E-state index >= 15 is 0 Å². The van der Waals surface area contributed by atoms with E-state index in [0.717, 1.165) is 45.6 Å². The molecule has 1 aliphatic carbocycles. The second kappa shape index (κ2) is 15.0. The fourth-order valence-electron chi connectivity index (χ4n) is 5.43. The number of nitrogens with zero attached hydrogens (tertiary/aromatic N) is 2. The van der Waals surface area contributed by atoms with Gasteiger partial charge in [-0.05, 0) is 92.9 Å². The lowest BCUT2D eigenvalue weighted by molar-refractivity contribution is -0.139. The summed E-state index contributed by atoms with van der Waals surface area (Å²) in [7, 11) is -4.18. The molecule has 4 aromatic rings. The number of rotatable bonds is 12. The molecular formula is C36H38BrN3O5S. The van der Waals surface area contributed by atoms with E-state index in [-0.39, 0.29) is 23.4 Å². The number of halogens is 1. The molecule has 0 bridgehead atoms. The first-order valence-corrected chi connectivity index (χ1v) is 17.6. The molecule has 1 saturated carbocycles. The lowest BCUT2D eigenvalue weighted by Gasteiger charge is -2.32. The zero-order valence-corrected chi connectivity index (χ0v) is 28.3. The molecule has 2 amide bonds. The summed E-state index contributed by atoms with van der Waals surface area (Å²) < 4.78 is 36.2. The zero-order valence-electron chi connectivity index (χ0n) is 25.9. The summed E-state index contributed by atoms with van der Waals surface area (Å²) in [5.41, 5.74) is 2.01. The molecule has 8 nitrogen and oxygen atoms in total. The third-order valence-corrected chi connectivity index (χ3v) is 10.4. The van der Waals surface area contributed by atoms with Gasteiger partial charge in [-0.1, -0.05) is 76.8 Å². The maximum absolute atomic E-state index is 14.2. The number of ether oxygens (including phenoxy) is 1. The Labute approximate surface area is 279 Å². The number of amides is 2. The SMILES string of the molecule is Cc1ccc(S(=O)(=O)N(CC(=O)N(Cc2ccc(Br)cc2)C(C)C(=O)NC2CCCC2)c2ccc(Oc3ccccc3)cc2)cc1. The topological polar surface area (TPSA) is 96.0 Å². The third-order valence-electron chi connectivity index (χ3n) is 8.13. The molecule has 0 heterocycles. The van der Waals surface area contributed by atoms with Crippen molar-refractivity contribution in [2.24, 2.45) is 0 Å². The largest absolute Gasteiger partial charge is 0.457 e. The molecule has 0 spiro atoms. The molecule has 240 valence electrons. The van der Waals surface area contributed by atoms with Crippen LogP contribution in [-0.2, 0) is 26.2 Å². The van der Waals surface area contributed by atoms with E-state index in [1.165, 1.54) is 17.0 Å². The Hall–Kier alpha value is -4.15. The molecule has 1 N–H and O–H groups in total. The van der Waals surface area contributed by atoms with Crippen LogP contribution < -0.4 is 14.4 Å². The van der Waals surface area contributed by atoms with Gasteiger partial charge in [0.2, 0.25) is 11.8 Å². The van der Waals surface area contributed by atoms with Gasteiger partial charge >= 0.3 is 0 Å². The summed E-state index contributed by atoms with van der Waals surface area (Å²) in [4.78, 5) is 29.2. The van der Waals surface area contributed by atoms with Crippen molar-refractivity contribution < 1.29 is 22.7 Å². The number of para-hydroxylation sites is 1. The number of anilines is 1. The van der Waals surface area contributed by atoms with Crippen molar-refractivity contribution in [2.45, 2.75) is 63.1 Å². The molecule has 1 unspecified atom stereocenters. The highest BCUT2D eigenvalue weighted by Gasteiger charge is 2.33. The fraction of sp³-hybridized carbons (Fsp3) is 0.278. The van der Waals surface area contributed by atoms with Crippen molar-refractivity contribution >= 4 is 43.5 Å². The van der Waals surface area contributed by atoms with Crippen LogP contribution in [0.3, 0.4) is 0 Å². The van der Waals surface area contributed by atoms with Gasteiger partial charge in [0.1, 0.15) is 24.1 Å². The maximum atomic E-state index is 14.2. The summed E-state index contributed by atoms with van der Waals surface area (Å²) in [6, 6.07) is 29.1. The number of sulfonamides is 1.